The maximum Gasteiger partial charge on any atom is 0.270 e. The first-order valence-corrected chi connectivity index (χ1v) is 5.75. The molecule has 0 aliphatic carbocycles. The van der Waals surface area contributed by atoms with Crippen LogP contribution in [0.5, 0.6) is 0 Å². The number of rotatable bonds is 1. The normalized spacial score (nSPS) is 21.2. The number of aryl methyl sites for hydroxylation is 1. The van der Waals surface area contributed by atoms with Crippen LogP contribution in [0.15, 0.2) is 12.3 Å². The molecule has 1 aromatic heterocycles. The van der Waals surface area contributed by atoms with Crippen molar-refractivity contribution < 1.29 is 9.90 Å². The fourth-order valence-electron chi connectivity index (χ4n) is 2.04. The first-order valence-electron chi connectivity index (χ1n) is 5.37. The summed E-state index contributed by atoms with van der Waals surface area (Å²) in [6, 6.07) is 1.66. The second-order valence-electron chi connectivity index (χ2n) is 4.20. The molecular formula is C11H15ClN2O2. The summed E-state index contributed by atoms with van der Waals surface area (Å²) in [6.45, 7) is 1.13. The lowest BCUT2D eigenvalue weighted by Crippen LogP contribution is -2.42. The molecule has 0 radical (unpaired) electrons. The third-order valence-electron chi connectivity index (χ3n) is 2.87. The molecule has 4 nitrogen and oxygen atoms in total. The predicted molar refractivity (Wildman–Crippen MR) is 61.6 cm³/mol. The molecule has 2 rings (SSSR count). The number of hydrogen-bond donors (Lipinski definition) is 1. The van der Waals surface area contributed by atoms with Crippen molar-refractivity contribution in [3.63, 3.8) is 0 Å². The molecule has 0 unspecified atom stereocenters. The van der Waals surface area contributed by atoms with Gasteiger partial charge in [0.1, 0.15) is 5.69 Å². The molecule has 1 aliphatic rings. The number of aromatic nitrogens is 1. The zero-order valence-corrected chi connectivity index (χ0v) is 9.94. The summed E-state index contributed by atoms with van der Waals surface area (Å²) in [4.78, 5) is 13.8. The van der Waals surface area contributed by atoms with Crippen LogP contribution in [0.1, 0.15) is 23.3 Å². The fourth-order valence-corrected chi connectivity index (χ4v) is 2.29. The Hall–Kier alpha value is -1.00. The number of hydrogen-bond acceptors (Lipinski definition) is 2. The molecule has 0 bridgehead atoms. The lowest BCUT2D eigenvalue weighted by Gasteiger charge is -2.30. The third kappa shape index (κ3) is 2.23. The van der Waals surface area contributed by atoms with E-state index in [1.54, 1.807) is 28.8 Å². The zero-order chi connectivity index (χ0) is 11.7. The van der Waals surface area contributed by atoms with Gasteiger partial charge < -0.3 is 14.6 Å². The number of likely N-dealkylation sites (tertiary alicyclic amines) is 1. The monoisotopic (exact) mass is 242 g/mol. The molecule has 1 aliphatic heterocycles. The molecule has 1 fully saturated rings. The molecule has 5 heteroatoms. The van der Waals surface area contributed by atoms with E-state index in [1.807, 2.05) is 0 Å². The zero-order valence-electron chi connectivity index (χ0n) is 9.19. The van der Waals surface area contributed by atoms with Gasteiger partial charge in [-0.05, 0) is 18.9 Å². The number of β-amino-alcohol motifs (C(OH)–C–C–N with tert-alkyl or cyclic N) is 1. The highest BCUT2D eigenvalue weighted by Gasteiger charge is 2.24. The van der Waals surface area contributed by atoms with Gasteiger partial charge in [-0.2, -0.15) is 0 Å². The number of amides is 1. The number of carbonyl (C=O) groups is 1. The summed E-state index contributed by atoms with van der Waals surface area (Å²) in [5.41, 5.74) is 0.569. The van der Waals surface area contributed by atoms with E-state index in [1.165, 1.54) is 0 Å². The van der Waals surface area contributed by atoms with Crippen LogP contribution >= 0.6 is 11.6 Å². The highest BCUT2D eigenvalue weighted by Crippen LogP contribution is 2.17. The maximum atomic E-state index is 12.1. The summed E-state index contributed by atoms with van der Waals surface area (Å²) >= 11 is 5.84. The van der Waals surface area contributed by atoms with Crippen LogP contribution in [0.2, 0.25) is 5.02 Å². The van der Waals surface area contributed by atoms with Crippen molar-refractivity contribution in [1.82, 2.24) is 9.47 Å². The molecule has 0 aromatic carbocycles. The van der Waals surface area contributed by atoms with E-state index in [9.17, 15) is 9.90 Å². The molecule has 1 amide bonds. The van der Waals surface area contributed by atoms with Crippen LogP contribution in [-0.4, -0.2) is 39.7 Å². The van der Waals surface area contributed by atoms with E-state index >= 15 is 0 Å². The number of piperidine rings is 1. The van der Waals surface area contributed by atoms with Gasteiger partial charge in [-0.15, -0.1) is 0 Å². The smallest absolute Gasteiger partial charge is 0.270 e. The fraction of sp³-hybridized carbons (Fsp3) is 0.545. The second kappa shape index (κ2) is 4.47. The van der Waals surface area contributed by atoms with Crippen molar-refractivity contribution in [2.45, 2.75) is 18.9 Å². The highest BCUT2D eigenvalue weighted by molar-refractivity contribution is 6.31. The second-order valence-corrected chi connectivity index (χ2v) is 4.64. The van der Waals surface area contributed by atoms with Gasteiger partial charge in [0.05, 0.1) is 11.1 Å². The number of aliphatic hydroxyl groups is 1. The lowest BCUT2D eigenvalue weighted by molar-refractivity contribution is 0.0466. The molecule has 16 heavy (non-hydrogen) atoms. The molecule has 0 saturated carbocycles. The van der Waals surface area contributed by atoms with Crippen LogP contribution < -0.4 is 0 Å². The lowest BCUT2D eigenvalue weighted by atomic mass is 10.1. The van der Waals surface area contributed by atoms with Crippen molar-refractivity contribution in [2.75, 3.05) is 13.1 Å². The minimum absolute atomic E-state index is 0.0619. The van der Waals surface area contributed by atoms with E-state index in [0.717, 1.165) is 12.8 Å². The largest absolute Gasteiger partial charge is 0.391 e. The van der Waals surface area contributed by atoms with Crippen molar-refractivity contribution >= 4 is 17.5 Å². The average molecular weight is 243 g/mol. The van der Waals surface area contributed by atoms with Crippen LogP contribution in [0.4, 0.5) is 0 Å². The molecule has 1 aromatic rings. The molecule has 0 spiro atoms. The third-order valence-corrected chi connectivity index (χ3v) is 3.08. The van der Waals surface area contributed by atoms with Crippen molar-refractivity contribution in [2.24, 2.45) is 7.05 Å². The Balaban J connectivity index is 2.15. The van der Waals surface area contributed by atoms with E-state index in [2.05, 4.69) is 0 Å². The minimum atomic E-state index is -0.395. The van der Waals surface area contributed by atoms with Gasteiger partial charge in [0.2, 0.25) is 0 Å². The predicted octanol–water partition coefficient (Wildman–Crippen LogP) is 1.28. The van der Waals surface area contributed by atoms with Crippen molar-refractivity contribution in [3.05, 3.63) is 23.0 Å². The summed E-state index contributed by atoms with van der Waals surface area (Å²) < 4.78 is 1.71. The van der Waals surface area contributed by atoms with Gasteiger partial charge in [0.15, 0.2) is 0 Å². The van der Waals surface area contributed by atoms with Gasteiger partial charge in [-0.1, -0.05) is 11.6 Å². The van der Waals surface area contributed by atoms with Gasteiger partial charge in [-0.25, -0.2) is 0 Å². The standard InChI is InChI=1S/C11H15ClN2O2/c1-13-6-8(12)5-10(13)11(16)14-4-2-3-9(15)7-14/h5-6,9,15H,2-4,7H2,1H3/t9-/m0/s1. The van der Waals surface area contributed by atoms with Crippen LogP contribution in [0.25, 0.3) is 0 Å². The molecule has 1 saturated heterocycles. The average Bonchev–Trinajstić information content (AvgIpc) is 2.57. The Bertz CT molecular complexity index is 403. The minimum Gasteiger partial charge on any atom is -0.391 e. The number of halogens is 1. The van der Waals surface area contributed by atoms with Gasteiger partial charge in [-0.3, -0.25) is 4.79 Å². The van der Waals surface area contributed by atoms with Gasteiger partial charge in [0.25, 0.3) is 5.91 Å². The number of nitrogens with zero attached hydrogens (tertiary/aromatic N) is 2. The topological polar surface area (TPSA) is 45.5 Å². The van der Waals surface area contributed by atoms with Gasteiger partial charge in [0, 0.05) is 26.3 Å². The van der Waals surface area contributed by atoms with Crippen molar-refractivity contribution in [3.8, 4) is 0 Å². The van der Waals surface area contributed by atoms with Gasteiger partial charge >= 0.3 is 0 Å². The van der Waals surface area contributed by atoms with Crippen molar-refractivity contribution in [1.29, 1.82) is 0 Å². The SMILES string of the molecule is Cn1cc(Cl)cc1C(=O)N1CCC[C@H](O)C1. The first-order chi connectivity index (χ1) is 7.58. The van der Waals surface area contributed by atoms with Crippen LogP contribution in [-0.2, 0) is 7.05 Å². The molecule has 88 valence electrons. The Labute approximate surface area is 99.4 Å². The number of carbonyl (C=O) groups excluding carboxylic acids is 1. The van der Waals surface area contributed by atoms with E-state index in [0.29, 0.717) is 23.8 Å². The van der Waals surface area contributed by atoms with E-state index < -0.39 is 6.10 Å². The summed E-state index contributed by atoms with van der Waals surface area (Å²) in [5, 5.41) is 10.1. The van der Waals surface area contributed by atoms with E-state index in [4.69, 9.17) is 11.6 Å². The quantitative estimate of drug-likeness (QED) is 0.806. The number of aliphatic hydroxyl groups excluding tert-OH is 1. The molecule has 1 atom stereocenters. The molecule has 1 N–H and O–H groups in total. The molecular weight excluding hydrogens is 228 g/mol. The Kier molecular flexibility index (Phi) is 3.21. The Morgan fingerprint density at radius 2 is 2.38 bits per heavy atom. The van der Waals surface area contributed by atoms with Crippen LogP contribution in [0.3, 0.4) is 0 Å². The maximum absolute atomic E-state index is 12.1. The van der Waals surface area contributed by atoms with Crippen LogP contribution in [0, 0.1) is 0 Å². The summed E-state index contributed by atoms with van der Waals surface area (Å²) in [6.07, 6.45) is 2.94. The summed E-state index contributed by atoms with van der Waals surface area (Å²) in [7, 11) is 1.79. The molecule has 2 heterocycles. The Morgan fingerprint density at radius 3 is 2.94 bits per heavy atom. The highest BCUT2D eigenvalue weighted by atomic mass is 35.5. The Morgan fingerprint density at radius 1 is 1.62 bits per heavy atom. The summed E-state index contributed by atoms with van der Waals surface area (Å²) in [5.74, 6) is -0.0619. The first kappa shape index (κ1) is 11.5. The van der Waals surface area contributed by atoms with E-state index in [-0.39, 0.29) is 5.91 Å².